The average Bonchev–Trinajstić information content (AvgIpc) is 3.22. The maximum atomic E-state index is 12.0. The number of carbonyl (C=O) groups is 1. The number of furan rings is 1. The molecule has 2 rings (SSSR count). The highest BCUT2D eigenvalue weighted by atomic mass is 127. The highest BCUT2D eigenvalue weighted by Crippen LogP contribution is 2.07. The molecule has 0 bridgehead atoms. The molecule has 0 atom stereocenters. The first kappa shape index (κ1) is 19.5. The third kappa shape index (κ3) is 7.06. The first-order valence-electron chi connectivity index (χ1n) is 7.73. The van der Waals surface area contributed by atoms with E-state index in [1.165, 1.54) is 0 Å². The van der Waals surface area contributed by atoms with Crippen LogP contribution in [-0.2, 0) is 11.2 Å². The zero-order valence-electron chi connectivity index (χ0n) is 13.3. The van der Waals surface area contributed by atoms with Crippen LogP contribution in [0.5, 0.6) is 0 Å². The molecule has 2 heterocycles. The van der Waals surface area contributed by atoms with Gasteiger partial charge in [0.1, 0.15) is 12.3 Å². The molecule has 1 saturated heterocycles. The number of rotatable bonds is 7. The lowest BCUT2D eigenvalue weighted by Crippen LogP contribution is -2.39. The lowest BCUT2D eigenvalue weighted by atomic mass is 10.3. The predicted molar refractivity (Wildman–Crippen MR) is 102 cm³/mol. The molecule has 128 valence electrons. The van der Waals surface area contributed by atoms with Gasteiger partial charge in [-0.15, -0.1) is 30.6 Å². The Bertz CT molecular complexity index is 496. The summed E-state index contributed by atoms with van der Waals surface area (Å²) in [7, 11) is 0. The van der Waals surface area contributed by atoms with Crippen LogP contribution >= 0.6 is 24.0 Å². The molecule has 1 fully saturated rings. The van der Waals surface area contributed by atoms with Crippen LogP contribution in [0.2, 0.25) is 0 Å². The van der Waals surface area contributed by atoms with E-state index in [1.807, 2.05) is 17.0 Å². The Morgan fingerprint density at radius 2 is 2.17 bits per heavy atom. The van der Waals surface area contributed by atoms with Gasteiger partial charge in [0.2, 0.25) is 5.91 Å². The minimum atomic E-state index is 0. The number of hydrogen-bond donors (Lipinski definition) is 2. The normalized spacial score (nSPS) is 14.3. The molecule has 6 nitrogen and oxygen atoms in total. The summed E-state index contributed by atoms with van der Waals surface area (Å²) in [6.07, 6.45) is 6.37. The van der Waals surface area contributed by atoms with Gasteiger partial charge >= 0.3 is 0 Å². The van der Waals surface area contributed by atoms with Gasteiger partial charge in [0.15, 0.2) is 5.96 Å². The third-order valence-electron chi connectivity index (χ3n) is 3.49. The highest BCUT2D eigenvalue weighted by Gasteiger charge is 2.17. The van der Waals surface area contributed by atoms with Crippen molar-refractivity contribution >= 4 is 35.8 Å². The van der Waals surface area contributed by atoms with Gasteiger partial charge in [-0.25, -0.2) is 4.99 Å². The second-order valence-electron chi connectivity index (χ2n) is 5.18. The maximum absolute atomic E-state index is 12.0. The molecule has 23 heavy (non-hydrogen) atoms. The van der Waals surface area contributed by atoms with Crippen LogP contribution < -0.4 is 10.6 Å². The largest absolute Gasteiger partial charge is 0.469 e. The number of guanidine groups is 1. The second-order valence-corrected chi connectivity index (χ2v) is 5.18. The molecule has 0 aliphatic carbocycles. The van der Waals surface area contributed by atoms with E-state index in [4.69, 9.17) is 4.42 Å². The average molecular weight is 432 g/mol. The molecule has 1 aliphatic rings. The van der Waals surface area contributed by atoms with E-state index in [0.717, 1.165) is 38.1 Å². The van der Waals surface area contributed by atoms with Gasteiger partial charge in [0.05, 0.1) is 6.26 Å². The van der Waals surface area contributed by atoms with Crippen LogP contribution in [-0.4, -0.2) is 49.5 Å². The first-order chi connectivity index (χ1) is 10.8. The molecule has 1 aliphatic heterocycles. The Kier molecular flexibility index (Phi) is 9.42. The molecule has 0 aromatic carbocycles. The number of likely N-dealkylation sites (tertiary alicyclic amines) is 1. The summed E-state index contributed by atoms with van der Waals surface area (Å²) in [5.41, 5.74) is 0. The summed E-state index contributed by atoms with van der Waals surface area (Å²) >= 11 is 0. The van der Waals surface area contributed by atoms with E-state index in [2.05, 4.69) is 22.2 Å². The number of nitrogens with one attached hydrogen (secondary N) is 2. The van der Waals surface area contributed by atoms with Crippen LogP contribution in [0.1, 0.15) is 18.6 Å². The van der Waals surface area contributed by atoms with Crippen LogP contribution in [0.15, 0.2) is 40.5 Å². The van der Waals surface area contributed by atoms with Crippen molar-refractivity contribution in [3.8, 4) is 0 Å². The van der Waals surface area contributed by atoms with Gasteiger partial charge in [0.25, 0.3) is 0 Å². The number of aliphatic imine (C=N–C) groups is 1. The second kappa shape index (κ2) is 11.1. The molecule has 0 saturated carbocycles. The molecule has 0 radical (unpaired) electrons. The van der Waals surface area contributed by atoms with Crippen molar-refractivity contribution in [1.82, 2.24) is 15.5 Å². The van der Waals surface area contributed by atoms with Crippen molar-refractivity contribution < 1.29 is 9.21 Å². The highest BCUT2D eigenvalue weighted by molar-refractivity contribution is 14.0. The number of amides is 1. The Morgan fingerprint density at radius 3 is 2.83 bits per heavy atom. The minimum Gasteiger partial charge on any atom is -0.469 e. The molecule has 1 amide bonds. The quantitative estimate of drug-likeness (QED) is 0.298. The summed E-state index contributed by atoms with van der Waals surface area (Å²) in [5.74, 6) is 1.63. The molecule has 7 heteroatoms. The number of halogens is 1. The Morgan fingerprint density at radius 1 is 1.39 bits per heavy atom. The van der Waals surface area contributed by atoms with Crippen molar-refractivity contribution in [2.24, 2.45) is 4.99 Å². The lowest BCUT2D eigenvalue weighted by Gasteiger charge is -2.15. The van der Waals surface area contributed by atoms with E-state index in [1.54, 1.807) is 12.3 Å². The molecular weight excluding hydrogens is 407 g/mol. The Hall–Kier alpha value is -1.51. The summed E-state index contributed by atoms with van der Waals surface area (Å²) in [6, 6.07) is 3.81. The topological polar surface area (TPSA) is 69.9 Å². The van der Waals surface area contributed by atoms with Crippen molar-refractivity contribution in [2.45, 2.75) is 19.3 Å². The molecule has 0 unspecified atom stereocenters. The minimum absolute atomic E-state index is 0. The fourth-order valence-corrected chi connectivity index (χ4v) is 2.32. The van der Waals surface area contributed by atoms with Crippen molar-refractivity contribution in [3.05, 3.63) is 36.8 Å². The van der Waals surface area contributed by atoms with E-state index in [-0.39, 0.29) is 36.4 Å². The molecule has 2 N–H and O–H groups in total. The SMILES string of the molecule is C=CCNC(=NCC(=O)N1CCCC1)NCCc1ccco1.I. The summed E-state index contributed by atoms with van der Waals surface area (Å²) in [6.45, 7) is 6.85. The predicted octanol–water partition coefficient (Wildman–Crippen LogP) is 1.78. The first-order valence-corrected chi connectivity index (χ1v) is 7.73. The molecular formula is C16H25IN4O2. The van der Waals surface area contributed by atoms with Gasteiger partial charge in [-0.05, 0) is 25.0 Å². The summed E-state index contributed by atoms with van der Waals surface area (Å²) in [5, 5.41) is 6.31. The molecule has 1 aromatic rings. The number of carbonyl (C=O) groups excluding carboxylic acids is 1. The van der Waals surface area contributed by atoms with Crippen molar-refractivity contribution in [3.63, 3.8) is 0 Å². The Balaban J connectivity index is 0.00000264. The summed E-state index contributed by atoms with van der Waals surface area (Å²) in [4.78, 5) is 18.2. The van der Waals surface area contributed by atoms with Gasteiger partial charge in [-0.2, -0.15) is 0 Å². The van der Waals surface area contributed by atoms with Gasteiger partial charge < -0.3 is 20.0 Å². The fourth-order valence-electron chi connectivity index (χ4n) is 2.32. The van der Waals surface area contributed by atoms with E-state index in [9.17, 15) is 4.79 Å². The van der Waals surface area contributed by atoms with E-state index >= 15 is 0 Å². The smallest absolute Gasteiger partial charge is 0.244 e. The van der Waals surface area contributed by atoms with Crippen molar-refractivity contribution in [1.29, 1.82) is 0 Å². The molecule has 1 aromatic heterocycles. The number of hydrogen-bond acceptors (Lipinski definition) is 3. The van der Waals surface area contributed by atoms with Crippen LogP contribution in [0.4, 0.5) is 0 Å². The van der Waals surface area contributed by atoms with Crippen LogP contribution in [0, 0.1) is 0 Å². The lowest BCUT2D eigenvalue weighted by molar-refractivity contribution is -0.128. The zero-order chi connectivity index (χ0) is 15.6. The van der Waals surface area contributed by atoms with Gasteiger partial charge in [0, 0.05) is 32.6 Å². The third-order valence-corrected chi connectivity index (χ3v) is 3.49. The van der Waals surface area contributed by atoms with Crippen LogP contribution in [0.3, 0.4) is 0 Å². The van der Waals surface area contributed by atoms with E-state index < -0.39 is 0 Å². The monoisotopic (exact) mass is 432 g/mol. The molecule has 0 spiro atoms. The Labute approximate surface area is 154 Å². The zero-order valence-corrected chi connectivity index (χ0v) is 15.6. The standard InChI is InChI=1S/C16H24N4O2.HI/c1-2-8-17-16(18-9-7-14-6-5-12-22-14)19-13-15(21)20-10-3-4-11-20;/h2,5-6,12H,1,3-4,7-11,13H2,(H2,17,18,19);1H. The van der Waals surface area contributed by atoms with Gasteiger partial charge in [-0.1, -0.05) is 6.08 Å². The fraction of sp³-hybridized carbons (Fsp3) is 0.500. The van der Waals surface area contributed by atoms with E-state index in [0.29, 0.717) is 19.0 Å². The number of nitrogens with zero attached hydrogens (tertiary/aromatic N) is 2. The maximum Gasteiger partial charge on any atom is 0.244 e. The summed E-state index contributed by atoms with van der Waals surface area (Å²) < 4.78 is 5.28. The van der Waals surface area contributed by atoms with Crippen molar-refractivity contribution in [2.75, 3.05) is 32.7 Å². The van der Waals surface area contributed by atoms with Crippen LogP contribution in [0.25, 0.3) is 0 Å². The van der Waals surface area contributed by atoms with Gasteiger partial charge in [-0.3, -0.25) is 4.79 Å².